The van der Waals surface area contributed by atoms with Crippen LogP contribution < -0.4 is 5.32 Å². The van der Waals surface area contributed by atoms with Crippen molar-refractivity contribution in [3.8, 4) is 0 Å². The van der Waals surface area contributed by atoms with Crippen molar-refractivity contribution in [2.24, 2.45) is 11.3 Å². The van der Waals surface area contributed by atoms with E-state index in [4.69, 9.17) is 0 Å². The molecule has 1 saturated heterocycles. The molecule has 4 heteroatoms. The number of hydrogen-bond acceptors (Lipinski definition) is 3. The topological polar surface area (TPSA) is 46.2 Å². The fourth-order valence-corrected chi connectivity index (χ4v) is 4.40. The van der Waals surface area contributed by atoms with Gasteiger partial charge < -0.3 is 5.32 Å². The van der Waals surface area contributed by atoms with Gasteiger partial charge in [0.25, 0.3) is 0 Å². The van der Waals surface area contributed by atoms with E-state index in [-0.39, 0.29) is 5.25 Å². The lowest BCUT2D eigenvalue weighted by Crippen LogP contribution is -2.57. The molecule has 2 fully saturated rings. The van der Waals surface area contributed by atoms with Gasteiger partial charge in [0.1, 0.15) is 0 Å². The van der Waals surface area contributed by atoms with E-state index in [9.17, 15) is 8.42 Å². The van der Waals surface area contributed by atoms with Gasteiger partial charge in [-0.1, -0.05) is 12.8 Å². The van der Waals surface area contributed by atoms with Crippen molar-refractivity contribution in [1.29, 1.82) is 0 Å². The Kier molecular flexibility index (Phi) is 3.83. The molecule has 0 atom stereocenters. The molecule has 2 aliphatic rings. The van der Waals surface area contributed by atoms with Gasteiger partial charge in [0.15, 0.2) is 9.84 Å². The lowest BCUT2D eigenvalue weighted by atomic mass is 9.68. The Morgan fingerprint density at radius 3 is 2.24 bits per heavy atom. The smallest absolute Gasteiger partial charge is 0.152 e. The molecule has 0 bridgehead atoms. The van der Waals surface area contributed by atoms with Crippen molar-refractivity contribution in [2.75, 3.05) is 18.8 Å². The molecule has 0 unspecified atom stereocenters. The molecule has 0 aromatic carbocycles. The van der Waals surface area contributed by atoms with Crippen LogP contribution in [0.25, 0.3) is 0 Å². The van der Waals surface area contributed by atoms with Crippen LogP contribution in [-0.2, 0) is 9.84 Å². The Labute approximate surface area is 105 Å². The number of nitrogens with one attached hydrogen (secondary N) is 1. The molecule has 0 aromatic heterocycles. The minimum absolute atomic E-state index is 0.226. The molecular weight excluding hydrogens is 234 g/mol. The largest absolute Gasteiger partial charge is 0.316 e. The molecule has 0 radical (unpaired) electrons. The monoisotopic (exact) mass is 259 g/mol. The SMILES string of the molecule is CC(C)S(=O)(=O)CCC1(C2CCCC2)CNC1. The summed E-state index contributed by atoms with van der Waals surface area (Å²) in [5.74, 6) is 1.15. The molecule has 0 amide bonds. The molecule has 1 saturated carbocycles. The van der Waals surface area contributed by atoms with Crippen LogP contribution >= 0.6 is 0 Å². The highest BCUT2D eigenvalue weighted by Gasteiger charge is 2.45. The predicted octanol–water partition coefficient (Wildman–Crippen LogP) is 1.98. The van der Waals surface area contributed by atoms with E-state index < -0.39 is 9.84 Å². The van der Waals surface area contributed by atoms with Gasteiger partial charge in [-0.2, -0.15) is 0 Å². The van der Waals surface area contributed by atoms with Gasteiger partial charge in [0, 0.05) is 13.1 Å². The maximum Gasteiger partial charge on any atom is 0.152 e. The van der Waals surface area contributed by atoms with E-state index in [1.165, 1.54) is 25.7 Å². The first-order valence-corrected chi connectivity index (χ1v) is 8.60. The molecule has 17 heavy (non-hydrogen) atoms. The molecule has 2 rings (SSSR count). The third-order valence-corrected chi connectivity index (χ3v) is 6.99. The summed E-state index contributed by atoms with van der Waals surface area (Å²) in [6.45, 7) is 5.64. The van der Waals surface area contributed by atoms with Gasteiger partial charge >= 0.3 is 0 Å². The molecule has 1 aliphatic carbocycles. The van der Waals surface area contributed by atoms with E-state index in [2.05, 4.69) is 5.32 Å². The molecule has 1 heterocycles. The number of hydrogen-bond donors (Lipinski definition) is 1. The summed E-state index contributed by atoms with van der Waals surface area (Å²) in [7, 11) is -2.86. The van der Waals surface area contributed by atoms with Crippen LogP contribution in [0.4, 0.5) is 0 Å². The average Bonchev–Trinajstić information content (AvgIpc) is 2.69. The van der Waals surface area contributed by atoms with E-state index in [0.29, 0.717) is 11.2 Å². The van der Waals surface area contributed by atoms with E-state index in [1.807, 2.05) is 0 Å². The molecule has 0 spiro atoms. The summed E-state index contributed by atoms with van der Waals surface area (Å²) >= 11 is 0. The zero-order chi connectivity index (χ0) is 12.5. The quantitative estimate of drug-likeness (QED) is 0.821. The van der Waals surface area contributed by atoms with Crippen LogP contribution in [0.2, 0.25) is 0 Å². The van der Waals surface area contributed by atoms with Crippen LogP contribution in [0.1, 0.15) is 46.0 Å². The molecule has 100 valence electrons. The van der Waals surface area contributed by atoms with Crippen molar-refractivity contribution in [1.82, 2.24) is 5.32 Å². The van der Waals surface area contributed by atoms with Crippen LogP contribution in [0.3, 0.4) is 0 Å². The minimum atomic E-state index is -2.86. The summed E-state index contributed by atoms with van der Waals surface area (Å²) in [5.41, 5.74) is 0.304. The highest BCUT2D eigenvalue weighted by atomic mass is 32.2. The first-order chi connectivity index (χ1) is 7.96. The first-order valence-electron chi connectivity index (χ1n) is 6.89. The third kappa shape index (κ3) is 2.68. The molecular formula is C13H25NO2S. The Morgan fingerprint density at radius 1 is 1.24 bits per heavy atom. The van der Waals surface area contributed by atoms with Gasteiger partial charge in [0.05, 0.1) is 11.0 Å². The highest BCUT2D eigenvalue weighted by Crippen LogP contribution is 2.45. The third-order valence-electron chi connectivity index (χ3n) is 4.78. The average molecular weight is 259 g/mol. The second-order valence-corrected chi connectivity index (χ2v) is 8.79. The van der Waals surface area contributed by atoms with Crippen molar-refractivity contribution >= 4 is 9.84 Å². The molecule has 1 aliphatic heterocycles. The number of rotatable bonds is 5. The second-order valence-electron chi connectivity index (χ2n) is 6.11. The lowest BCUT2D eigenvalue weighted by Gasteiger charge is -2.47. The Morgan fingerprint density at radius 2 is 1.82 bits per heavy atom. The van der Waals surface area contributed by atoms with E-state index in [0.717, 1.165) is 25.4 Å². The maximum absolute atomic E-state index is 11.9. The molecule has 3 nitrogen and oxygen atoms in total. The van der Waals surface area contributed by atoms with E-state index >= 15 is 0 Å². The van der Waals surface area contributed by atoms with E-state index in [1.54, 1.807) is 13.8 Å². The predicted molar refractivity (Wildman–Crippen MR) is 70.8 cm³/mol. The Bertz CT molecular complexity index is 352. The zero-order valence-corrected chi connectivity index (χ0v) is 11.9. The minimum Gasteiger partial charge on any atom is -0.316 e. The summed E-state index contributed by atoms with van der Waals surface area (Å²) < 4.78 is 23.8. The second kappa shape index (κ2) is 4.88. The maximum atomic E-state index is 11.9. The number of sulfone groups is 1. The van der Waals surface area contributed by atoms with Crippen LogP contribution in [-0.4, -0.2) is 32.5 Å². The Hall–Kier alpha value is -0.0900. The van der Waals surface area contributed by atoms with Gasteiger partial charge in [-0.25, -0.2) is 8.42 Å². The Balaban J connectivity index is 1.96. The van der Waals surface area contributed by atoms with Crippen molar-refractivity contribution < 1.29 is 8.42 Å². The fourth-order valence-electron chi connectivity index (χ4n) is 3.24. The summed E-state index contributed by atoms with van der Waals surface area (Å²) in [6, 6.07) is 0. The van der Waals surface area contributed by atoms with Crippen LogP contribution in [0, 0.1) is 11.3 Å². The lowest BCUT2D eigenvalue weighted by molar-refractivity contribution is 0.0769. The van der Waals surface area contributed by atoms with Crippen molar-refractivity contribution in [3.05, 3.63) is 0 Å². The van der Waals surface area contributed by atoms with Gasteiger partial charge in [-0.05, 0) is 44.4 Å². The zero-order valence-electron chi connectivity index (χ0n) is 11.0. The van der Waals surface area contributed by atoms with Gasteiger partial charge in [-0.15, -0.1) is 0 Å². The molecule has 0 aromatic rings. The summed E-state index contributed by atoms with van der Waals surface area (Å²) in [5, 5.41) is 3.12. The van der Waals surface area contributed by atoms with Crippen LogP contribution in [0.5, 0.6) is 0 Å². The van der Waals surface area contributed by atoms with Gasteiger partial charge in [0.2, 0.25) is 0 Å². The molecule has 1 N–H and O–H groups in total. The standard InChI is InChI=1S/C13H25NO2S/c1-11(2)17(15,16)8-7-13(9-14-10-13)12-5-3-4-6-12/h11-12,14H,3-10H2,1-2H3. The van der Waals surface area contributed by atoms with Crippen LogP contribution in [0.15, 0.2) is 0 Å². The summed E-state index contributed by atoms with van der Waals surface area (Å²) in [6.07, 6.45) is 6.16. The van der Waals surface area contributed by atoms with Crippen molar-refractivity contribution in [2.45, 2.75) is 51.2 Å². The van der Waals surface area contributed by atoms with Crippen molar-refractivity contribution in [3.63, 3.8) is 0 Å². The highest BCUT2D eigenvalue weighted by molar-refractivity contribution is 7.91. The normalized spacial score (nSPS) is 25.1. The van der Waals surface area contributed by atoms with Gasteiger partial charge in [-0.3, -0.25) is 0 Å². The summed E-state index contributed by atoms with van der Waals surface area (Å²) in [4.78, 5) is 0. The fraction of sp³-hybridized carbons (Fsp3) is 1.00. The first kappa shape index (κ1) is 13.3.